The van der Waals surface area contributed by atoms with Crippen LogP contribution in [0.25, 0.3) is 0 Å². The van der Waals surface area contributed by atoms with Gasteiger partial charge in [0, 0.05) is 28.3 Å². The van der Waals surface area contributed by atoms with E-state index >= 15 is 0 Å². The highest BCUT2D eigenvalue weighted by Crippen LogP contribution is 2.40. The number of H-pyrrole nitrogens is 1. The van der Waals surface area contributed by atoms with Crippen LogP contribution in [-0.2, 0) is 0 Å². The van der Waals surface area contributed by atoms with Gasteiger partial charge in [-0.05, 0) is 37.3 Å². The highest BCUT2D eigenvalue weighted by atomic mass is 79.9. The average Bonchev–Trinajstić information content (AvgIpc) is 2.88. The predicted molar refractivity (Wildman–Crippen MR) is 80.0 cm³/mol. The summed E-state index contributed by atoms with van der Waals surface area (Å²) in [6.07, 6.45) is 6.28. The highest BCUT2D eigenvalue weighted by Gasteiger charge is 2.32. The molecule has 2 aromatic rings. The summed E-state index contributed by atoms with van der Waals surface area (Å²) in [4.78, 5) is 0. The first-order valence-corrected chi connectivity index (χ1v) is 7.52. The number of benzene rings is 1. The molecule has 1 aromatic carbocycles. The maximum absolute atomic E-state index is 4.00. The fourth-order valence-electron chi connectivity index (χ4n) is 2.76. The second-order valence-electron chi connectivity index (χ2n) is 5.31. The van der Waals surface area contributed by atoms with E-state index in [0.717, 1.165) is 0 Å². The minimum absolute atomic E-state index is 0.365. The van der Waals surface area contributed by atoms with Gasteiger partial charge in [-0.3, -0.25) is 5.10 Å². The number of nitrogens with zero attached hydrogens (tertiary/aromatic N) is 1. The van der Waals surface area contributed by atoms with Gasteiger partial charge in [-0.2, -0.15) is 5.10 Å². The average molecular weight is 320 g/mol. The zero-order valence-electron chi connectivity index (χ0n) is 10.9. The molecule has 1 aliphatic carbocycles. The Kier molecular flexibility index (Phi) is 3.71. The number of aromatic amines is 1. The Morgan fingerprint density at radius 2 is 2.16 bits per heavy atom. The molecule has 3 nitrogen and oxygen atoms in total. The van der Waals surface area contributed by atoms with E-state index in [2.05, 4.69) is 62.6 Å². The number of rotatable bonds is 4. The maximum Gasteiger partial charge on any atom is 0.0534 e. The molecule has 0 saturated heterocycles. The Morgan fingerprint density at radius 1 is 1.37 bits per heavy atom. The molecule has 1 aliphatic rings. The number of nitrogens with one attached hydrogen (secondary N) is 2. The fraction of sp³-hybridized carbons (Fsp3) is 0.400. The molecule has 1 atom stereocenters. The van der Waals surface area contributed by atoms with Crippen molar-refractivity contribution in [2.24, 2.45) is 0 Å². The van der Waals surface area contributed by atoms with Crippen molar-refractivity contribution < 1.29 is 0 Å². The SMILES string of the molecule is CC(NC1CC(c2ccccc2Br)C1)c1cn[nH]c1. The number of halogens is 1. The van der Waals surface area contributed by atoms with Gasteiger partial charge in [-0.1, -0.05) is 34.1 Å². The summed E-state index contributed by atoms with van der Waals surface area (Å²) in [5.41, 5.74) is 2.67. The van der Waals surface area contributed by atoms with Crippen LogP contribution in [0.1, 0.15) is 42.9 Å². The lowest BCUT2D eigenvalue weighted by molar-refractivity contribution is 0.270. The normalized spacial score (nSPS) is 23.9. The van der Waals surface area contributed by atoms with E-state index in [4.69, 9.17) is 0 Å². The van der Waals surface area contributed by atoms with Crippen molar-refractivity contribution in [2.45, 2.75) is 37.8 Å². The Morgan fingerprint density at radius 3 is 2.84 bits per heavy atom. The lowest BCUT2D eigenvalue weighted by atomic mass is 9.75. The van der Waals surface area contributed by atoms with Gasteiger partial charge >= 0.3 is 0 Å². The van der Waals surface area contributed by atoms with Crippen molar-refractivity contribution in [2.75, 3.05) is 0 Å². The molecule has 2 N–H and O–H groups in total. The summed E-state index contributed by atoms with van der Waals surface area (Å²) in [7, 11) is 0. The van der Waals surface area contributed by atoms with Crippen molar-refractivity contribution in [1.82, 2.24) is 15.5 Å². The molecule has 0 amide bonds. The van der Waals surface area contributed by atoms with Crippen LogP contribution < -0.4 is 5.32 Å². The van der Waals surface area contributed by atoms with Crippen LogP contribution >= 0.6 is 15.9 Å². The van der Waals surface area contributed by atoms with Crippen molar-refractivity contribution >= 4 is 15.9 Å². The Labute approximate surface area is 121 Å². The molecule has 19 heavy (non-hydrogen) atoms. The molecule has 4 heteroatoms. The van der Waals surface area contributed by atoms with Gasteiger partial charge in [-0.15, -0.1) is 0 Å². The van der Waals surface area contributed by atoms with Gasteiger partial charge in [-0.25, -0.2) is 0 Å². The van der Waals surface area contributed by atoms with Crippen molar-refractivity contribution in [3.63, 3.8) is 0 Å². The lowest BCUT2D eigenvalue weighted by Crippen LogP contribution is -2.41. The molecule has 1 saturated carbocycles. The zero-order valence-corrected chi connectivity index (χ0v) is 12.5. The molecule has 0 radical (unpaired) electrons. The van der Waals surface area contributed by atoms with E-state index in [9.17, 15) is 0 Å². The van der Waals surface area contributed by atoms with Crippen LogP contribution in [0.5, 0.6) is 0 Å². The molecular formula is C15H18BrN3. The Bertz CT molecular complexity index is 532. The molecule has 0 spiro atoms. The molecule has 0 aliphatic heterocycles. The topological polar surface area (TPSA) is 40.7 Å². The Balaban J connectivity index is 1.55. The maximum atomic E-state index is 4.00. The van der Waals surface area contributed by atoms with Crippen LogP contribution in [0, 0.1) is 0 Å². The lowest BCUT2D eigenvalue weighted by Gasteiger charge is -2.38. The fourth-order valence-corrected chi connectivity index (χ4v) is 3.37. The van der Waals surface area contributed by atoms with E-state index in [-0.39, 0.29) is 0 Å². The Hall–Kier alpha value is -1.13. The summed E-state index contributed by atoms with van der Waals surface area (Å²) in [6, 6.07) is 9.53. The molecule has 100 valence electrons. The van der Waals surface area contributed by atoms with E-state index in [1.807, 2.05) is 12.4 Å². The van der Waals surface area contributed by atoms with Crippen LogP contribution in [-0.4, -0.2) is 16.2 Å². The third kappa shape index (κ3) is 2.74. The third-order valence-electron chi connectivity index (χ3n) is 3.99. The molecular weight excluding hydrogens is 302 g/mol. The van der Waals surface area contributed by atoms with Crippen molar-refractivity contribution in [3.05, 3.63) is 52.3 Å². The summed E-state index contributed by atoms with van der Waals surface area (Å²) < 4.78 is 1.24. The van der Waals surface area contributed by atoms with E-state index in [1.165, 1.54) is 28.4 Å². The van der Waals surface area contributed by atoms with Crippen LogP contribution in [0.2, 0.25) is 0 Å². The predicted octanol–water partition coefficient (Wildman–Crippen LogP) is 3.77. The molecule has 3 rings (SSSR count). The summed E-state index contributed by atoms with van der Waals surface area (Å²) >= 11 is 3.64. The van der Waals surface area contributed by atoms with Crippen LogP contribution in [0.15, 0.2) is 41.1 Å². The summed E-state index contributed by atoms with van der Waals surface area (Å²) in [5, 5.41) is 10.5. The van der Waals surface area contributed by atoms with Gasteiger partial charge in [0.05, 0.1) is 6.20 Å². The standard InChI is InChI=1S/C15H18BrN3/c1-10(12-8-17-18-9-12)19-13-6-11(7-13)14-4-2-3-5-15(14)16/h2-5,8-11,13,19H,6-7H2,1H3,(H,17,18). The smallest absolute Gasteiger partial charge is 0.0534 e. The van der Waals surface area contributed by atoms with Crippen molar-refractivity contribution in [3.8, 4) is 0 Å². The first kappa shape index (κ1) is 12.9. The molecule has 1 fully saturated rings. The van der Waals surface area contributed by atoms with Crippen LogP contribution in [0.3, 0.4) is 0 Å². The number of hydrogen-bond acceptors (Lipinski definition) is 2. The first-order chi connectivity index (χ1) is 9.24. The van der Waals surface area contributed by atoms with E-state index in [0.29, 0.717) is 18.0 Å². The summed E-state index contributed by atoms with van der Waals surface area (Å²) in [5.74, 6) is 0.685. The van der Waals surface area contributed by atoms with E-state index in [1.54, 1.807) is 0 Å². The van der Waals surface area contributed by atoms with Gasteiger partial charge in [0.2, 0.25) is 0 Å². The molecule has 1 unspecified atom stereocenters. The molecule has 1 aromatic heterocycles. The van der Waals surface area contributed by atoms with Gasteiger partial charge in [0.15, 0.2) is 0 Å². The van der Waals surface area contributed by atoms with Crippen LogP contribution in [0.4, 0.5) is 0 Å². The first-order valence-electron chi connectivity index (χ1n) is 6.73. The monoisotopic (exact) mass is 319 g/mol. The number of aromatic nitrogens is 2. The van der Waals surface area contributed by atoms with E-state index < -0.39 is 0 Å². The van der Waals surface area contributed by atoms with Gasteiger partial charge in [0.1, 0.15) is 0 Å². The third-order valence-corrected chi connectivity index (χ3v) is 4.71. The minimum atomic E-state index is 0.365. The van der Waals surface area contributed by atoms with Gasteiger partial charge in [0.25, 0.3) is 0 Å². The zero-order chi connectivity index (χ0) is 13.2. The highest BCUT2D eigenvalue weighted by molar-refractivity contribution is 9.10. The number of hydrogen-bond donors (Lipinski definition) is 2. The largest absolute Gasteiger partial charge is 0.307 e. The summed E-state index contributed by atoms with van der Waals surface area (Å²) in [6.45, 7) is 2.19. The quantitative estimate of drug-likeness (QED) is 0.900. The van der Waals surface area contributed by atoms with Crippen molar-refractivity contribution in [1.29, 1.82) is 0 Å². The second kappa shape index (κ2) is 5.47. The molecule has 0 bridgehead atoms. The van der Waals surface area contributed by atoms with Gasteiger partial charge < -0.3 is 5.32 Å². The molecule has 1 heterocycles. The minimum Gasteiger partial charge on any atom is -0.307 e. The second-order valence-corrected chi connectivity index (χ2v) is 6.16.